The van der Waals surface area contributed by atoms with E-state index < -0.39 is 4.92 Å². The van der Waals surface area contributed by atoms with Crippen molar-refractivity contribution >= 4 is 23.0 Å². The van der Waals surface area contributed by atoms with Crippen LogP contribution in [0.1, 0.15) is 22.6 Å². The molecule has 1 aliphatic heterocycles. The topological polar surface area (TPSA) is 90.4 Å². The Labute approximate surface area is 158 Å². The Hall–Kier alpha value is -3.32. The molecule has 1 aliphatic rings. The van der Waals surface area contributed by atoms with E-state index in [9.17, 15) is 14.9 Å². The molecular weight excluding hydrogens is 368 g/mol. The summed E-state index contributed by atoms with van der Waals surface area (Å²) in [5, 5.41) is 11.8. The highest BCUT2D eigenvalue weighted by Gasteiger charge is 2.24. The van der Waals surface area contributed by atoms with Crippen molar-refractivity contribution in [1.82, 2.24) is 9.55 Å². The van der Waals surface area contributed by atoms with Gasteiger partial charge in [-0.05, 0) is 19.1 Å². The van der Waals surface area contributed by atoms with Gasteiger partial charge in [0.05, 0.1) is 22.9 Å². The summed E-state index contributed by atoms with van der Waals surface area (Å²) in [6.45, 7) is 1.94. The maximum absolute atomic E-state index is 11.9. The molecule has 7 nitrogen and oxygen atoms in total. The Bertz CT molecular complexity index is 1180. The number of hydrogen-bond donors (Lipinski definition) is 0. The van der Waals surface area contributed by atoms with Gasteiger partial charge in [-0.15, -0.1) is 0 Å². The van der Waals surface area contributed by atoms with Gasteiger partial charge in [-0.1, -0.05) is 29.8 Å². The number of hydrogen-bond acceptors (Lipinski definition) is 5. The average molecular weight is 381 g/mol. The van der Waals surface area contributed by atoms with Gasteiger partial charge in [0, 0.05) is 40.0 Å². The maximum atomic E-state index is 11.9. The minimum Gasteiger partial charge on any atom is -0.300 e. The Morgan fingerprint density at radius 1 is 1.15 bits per heavy atom. The van der Waals surface area contributed by atoms with Crippen LogP contribution in [0, 0.1) is 17.0 Å². The van der Waals surface area contributed by atoms with Crippen molar-refractivity contribution in [2.24, 2.45) is 4.99 Å². The summed E-state index contributed by atoms with van der Waals surface area (Å²) in [5.41, 5.74) is 2.69. The average Bonchev–Trinajstić information content (AvgIpc) is 2.78. The zero-order valence-electron chi connectivity index (χ0n) is 14.2. The molecule has 0 aliphatic carbocycles. The number of rotatable bonds is 2. The Morgan fingerprint density at radius 3 is 2.67 bits per heavy atom. The van der Waals surface area contributed by atoms with Gasteiger partial charge < -0.3 is 4.57 Å². The molecule has 0 saturated heterocycles. The first kappa shape index (κ1) is 17.1. The summed E-state index contributed by atoms with van der Waals surface area (Å²) < 4.78 is 1.80. The van der Waals surface area contributed by atoms with Gasteiger partial charge >= 0.3 is 0 Å². The highest BCUT2D eigenvalue weighted by molar-refractivity contribution is 6.35. The maximum Gasteiger partial charge on any atom is 0.273 e. The van der Waals surface area contributed by atoms with Crippen LogP contribution in [-0.4, -0.2) is 20.2 Å². The van der Waals surface area contributed by atoms with Crippen molar-refractivity contribution in [3.05, 3.63) is 96.7 Å². The first-order valence-corrected chi connectivity index (χ1v) is 8.51. The summed E-state index contributed by atoms with van der Waals surface area (Å²) >= 11 is 6.36. The molecule has 27 heavy (non-hydrogen) atoms. The molecule has 0 fully saturated rings. The van der Waals surface area contributed by atoms with Crippen LogP contribution in [0.4, 0.5) is 5.69 Å². The van der Waals surface area contributed by atoms with Gasteiger partial charge in [0.1, 0.15) is 5.82 Å². The third-order valence-corrected chi connectivity index (χ3v) is 4.71. The number of aromatic nitrogens is 2. The molecule has 2 heterocycles. The zero-order chi connectivity index (χ0) is 19.1. The lowest BCUT2D eigenvalue weighted by Crippen LogP contribution is -2.18. The van der Waals surface area contributed by atoms with Crippen LogP contribution in [-0.2, 0) is 6.54 Å². The molecule has 1 aromatic heterocycles. The van der Waals surface area contributed by atoms with Gasteiger partial charge in [0.15, 0.2) is 0 Å². The van der Waals surface area contributed by atoms with E-state index in [1.54, 1.807) is 29.7 Å². The van der Waals surface area contributed by atoms with Crippen molar-refractivity contribution in [1.29, 1.82) is 0 Å². The normalized spacial score (nSPS) is 12.6. The van der Waals surface area contributed by atoms with Crippen LogP contribution < -0.4 is 5.56 Å². The minimum atomic E-state index is -0.452. The van der Waals surface area contributed by atoms with Crippen molar-refractivity contribution in [3.63, 3.8) is 0 Å². The minimum absolute atomic E-state index is 0.0522. The van der Waals surface area contributed by atoms with Crippen LogP contribution >= 0.6 is 11.6 Å². The predicted molar refractivity (Wildman–Crippen MR) is 102 cm³/mol. The second-order valence-corrected chi connectivity index (χ2v) is 6.50. The SMILES string of the molecule is Cc1cc(=O)nc2n1-c1ccc([N+](=O)[O-])cc1C(c1ccccc1Cl)=NC2. The number of aryl methyl sites for hydroxylation is 1. The lowest BCUT2D eigenvalue weighted by Gasteiger charge is -2.16. The molecule has 0 unspecified atom stereocenters. The van der Waals surface area contributed by atoms with E-state index in [4.69, 9.17) is 11.6 Å². The number of nitrogens with zero attached hydrogens (tertiary/aromatic N) is 4. The van der Waals surface area contributed by atoms with E-state index >= 15 is 0 Å². The second kappa shape index (κ2) is 6.44. The number of nitro groups is 1. The van der Waals surface area contributed by atoms with Crippen LogP contribution in [0.3, 0.4) is 0 Å². The second-order valence-electron chi connectivity index (χ2n) is 6.09. The number of non-ortho nitro benzene ring substituents is 1. The van der Waals surface area contributed by atoms with E-state index in [1.807, 2.05) is 12.1 Å². The molecule has 0 saturated carbocycles. The molecule has 2 aromatic carbocycles. The lowest BCUT2D eigenvalue weighted by atomic mass is 9.99. The molecular formula is C19H13ClN4O3. The van der Waals surface area contributed by atoms with Crippen LogP contribution in [0.25, 0.3) is 5.69 Å². The van der Waals surface area contributed by atoms with Gasteiger partial charge in [-0.25, -0.2) is 0 Å². The molecule has 0 amide bonds. The molecule has 3 aromatic rings. The quantitative estimate of drug-likeness (QED) is 0.503. The fourth-order valence-electron chi connectivity index (χ4n) is 3.23. The van der Waals surface area contributed by atoms with E-state index in [2.05, 4.69) is 9.98 Å². The summed E-state index contributed by atoms with van der Waals surface area (Å²) in [6.07, 6.45) is 0. The number of halogens is 1. The number of fused-ring (bicyclic) bond motifs is 3. The summed E-state index contributed by atoms with van der Waals surface area (Å²) in [5.74, 6) is 0.470. The third kappa shape index (κ3) is 2.92. The van der Waals surface area contributed by atoms with E-state index in [0.29, 0.717) is 39.1 Å². The van der Waals surface area contributed by atoms with Crippen molar-refractivity contribution in [2.45, 2.75) is 13.5 Å². The van der Waals surface area contributed by atoms with Gasteiger partial charge in [-0.3, -0.25) is 19.9 Å². The van der Waals surface area contributed by atoms with Crippen LogP contribution in [0.15, 0.2) is 58.3 Å². The molecule has 0 N–H and O–H groups in total. The van der Waals surface area contributed by atoms with Crippen molar-refractivity contribution in [2.75, 3.05) is 0 Å². The summed E-state index contributed by atoms with van der Waals surface area (Å²) in [4.78, 5) is 31.4. The number of aliphatic imine (C=N–C) groups is 1. The van der Waals surface area contributed by atoms with Crippen molar-refractivity contribution in [3.8, 4) is 5.69 Å². The fourth-order valence-corrected chi connectivity index (χ4v) is 3.46. The van der Waals surface area contributed by atoms with Crippen molar-refractivity contribution < 1.29 is 4.92 Å². The smallest absolute Gasteiger partial charge is 0.273 e. The summed E-state index contributed by atoms with van der Waals surface area (Å²) in [7, 11) is 0. The standard InChI is InChI=1S/C19H13ClN4O3/c1-11-8-18(25)22-17-10-21-19(13-4-2-3-5-15(13)20)14-9-12(24(26)27)6-7-16(14)23(11)17/h2-9H,10H2,1H3. The van der Waals surface area contributed by atoms with E-state index in [0.717, 1.165) is 0 Å². The molecule has 0 radical (unpaired) electrons. The molecule has 134 valence electrons. The molecule has 0 bridgehead atoms. The zero-order valence-corrected chi connectivity index (χ0v) is 15.0. The van der Waals surface area contributed by atoms with Gasteiger partial charge in [0.2, 0.25) is 0 Å². The fraction of sp³-hybridized carbons (Fsp3) is 0.105. The van der Waals surface area contributed by atoms with Gasteiger partial charge in [-0.2, -0.15) is 4.98 Å². The summed E-state index contributed by atoms with van der Waals surface area (Å²) in [6, 6.07) is 13.1. The Balaban J connectivity index is 2.07. The molecule has 0 spiro atoms. The first-order valence-electron chi connectivity index (χ1n) is 8.14. The number of benzene rings is 2. The largest absolute Gasteiger partial charge is 0.300 e. The molecule has 8 heteroatoms. The third-order valence-electron chi connectivity index (χ3n) is 4.38. The Kier molecular flexibility index (Phi) is 4.08. The lowest BCUT2D eigenvalue weighted by molar-refractivity contribution is -0.384. The van der Waals surface area contributed by atoms with E-state index in [-0.39, 0.29) is 17.8 Å². The highest BCUT2D eigenvalue weighted by Crippen LogP contribution is 2.30. The first-order chi connectivity index (χ1) is 13.0. The molecule has 0 atom stereocenters. The molecule has 4 rings (SSSR count). The highest BCUT2D eigenvalue weighted by atomic mass is 35.5. The Morgan fingerprint density at radius 2 is 1.93 bits per heavy atom. The number of nitro benzene ring substituents is 1. The van der Waals surface area contributed by atoms with Crippen LogP contribution in [0.5, 0.6) is 0 Å². The van der Waals surface area contributed by atoms with Crippen LogP contribution in [0.2, 0.25) is 5.02 Å². The predicted octanol–water partition coefficient (Wildman–Crippen LogP) is 3.45. The van der Waals surface area contributed by atoms with E-state index in [1.165, 1.54) is 18.2 Å². The van der Waals surface area contributed by atoms with Gasteiger partial charge in [0.25, 0.3) is 11.2 Å². The monoisotopic (exact) mass is 380 g/mol.